The molecule has 0 bridgehead atoms. The highest BCUT2D eigenvalue weighted by molar-refractivity contribution is 5.35. The van der Waals surface area contributed by atoms with Crippen LogP contribution in [-0.2, 0) is 4.74 Å². The Kier molecular flexibility index (Phi) is 3.66. The van der Waals surface area contributed by atoms with Crippen LogP contribution in [0.25, 0.3) is 0 Å². The molecule has 1 aliphatic heterocycles. The first-order chi connectivity index (χ1) is 9.29. The van der Waals surface area contributed by atoms with Crippen molar-refractivity contribution in [2.24, 2.45) is 0 Å². The SMILES string of the molecule is COc1nc(C2CC2)nc(C)c1C1COCCCN1. The van der Waals surface area contributed by atoms with Crippen LogP contribution in [0.2, 0.25) is 0 Å². The van der Waals surface area contributed by atoms with Crippen LogP contribution >= 0.6 is 0 Å². The summed E-state index contributed by atoms with van der Waals surface area (Å²) in [6.07, 6.45) is 3.44. The van der Waals surface area contributed by atoms with E-state index >= 15 is 0 Å². The van der Waals surface area contributed by atoms with E-state index in [0.29, 0.717) is 18.4 Å². The van der Waals surface area contributed by atoms with Crippen molar-refractivity contribution in [3.63, 3.8) is 0 Å². The van der Waals surface area contributed by atoms with Gasteiger partial charge in [-0.3, -0.25) is 0 Å². The van der Waals surface area contributed by atoms with E-state index in [1.165, 1.54) is 12.8 Å². The highest BCUT2D eigenvalue weighted by Crippen LogP contribution is 2.40. The molecule has 1 aromatic heterocycles. The van der Waals surface area contributed by atoms with Gasteiger partial charge >= 0.3 is 0 Å². The van der Waals surface area contributed by atoms with Gasteiger partial charge in [0.25, 0.3) is 0 Å². The van der Waals surface area contributed by atoms with Gasteiger partial charge in [0.2, 0.25) is 5.88 Å². The Balaban J connectivity index is 1.93. The Morgan fingerprint density at radius 1 is 1.32 bits per heavy atom. The van der Waals surface area contributed by atoms with Crippen molar-refractivity contribution in [2.75, 3.05) is 26.9 Å². The van der Waals surface area contributed by atoms with E-state index < -0.39 is 0 Å². The second kappa shape index (κ2) is 5.43. The molecular formula is C14H21N3O2. The third-order valence-corrected chi connectivity index (χ3v) is 3.74. The fourth-order valence-electron chi connectivity index (χ4n) is 2.55. The van der Waals surface area contributed by atoms with Crippen molar-refractivity contribution in [3.8, 4) is 5.88 Å². The predicted molar refractivity (Wildman–Crippen MR) is 71.5 cm³/mol. The van der Waals surface area contributed by atoms with Crippen LogP contribution in [0.5, 0.6) is 5.88 Å². The van der Waals surface area contributed by atoms with E-state index in [1.54, 1.807) is 7.11 Å². The zero-order chi connectivity index (χ0) is 13.2. The predicted octanol–water partition coefficient (Wildman–Crippen LogP) is 1.72. The van der Waals surface area contributed by atoms with Crippen molar-refractivity contribution in [3.05, 3.63) is 17.1 Å². The van der Waals surface area contributed by atoms with Crippen molar-refractivity contribution in [2.45, 2.75) is 38.1 Å². The van der Waals surface area contributed by atoms with Crippen molar-refractivity contribution >= 4 is 0 Å². The summed E-state index contributed by atoms with van der Waals surface area (Å²) in [7, 11) is 1.68. The van der Waals surface area contributed by atoms with Gasteiger partial charge in [-0.05, 0) is 32.7 Å². The van der Waals surface area contributed by atoms with Crippen LogP contribution in [0.3, 0.4) is 0 Å². The molecule has 1 saturated carbocycles. The number of rotatable bonds is 3. The van der Waals surface area contributed by atoms with Crippen LogP contribution in [0, 0.1) is 6.92 Å². The standard InChI is InChI=1S/C14H21N3O2/c1-9-12(11-8-19-7-3-6-15-11)14(18-2)17-13(16-9)10-4-5-10/h10-11,15H,3-8H2,1-2H3. The number of aromatic nitrogens is 2. The second-order valence-electron chi connectivity index (χ2n) is 5.30. The maximum Gasteiger partial charge on any atom is 0.221 e. The molecule has 0 radical (unpaired) electrons. The van der Waals surface area contributed by atoms with Gasteiger partial charge in [0.15, 0.2) is 0 Å². The molecule has 104 valence electrons. The van der Waals surface area contributed by atoms with E-state index in [9.17, 15) is 0 Å². The van der Waals surface area contributed by atoms with Crippen LogP contribution < -0.4 is 10.1 Å². The summed E-state index contributed by atoms with van der Waals surface area (Å²) in [5.41, 5.74) is 2.06. The van der Waals surface area contributed by atoms with Gasteiger partial charge in [0, 0.05) is 18.2 Å². The van der Waals surface area contributed by atoms with Gasteiger partial charge in [-0.15, -0.1) is 0 Å². The van der Waals surface area contributed by atoms with Crippen LogP contribution in [0.15, 0.2) is 0 Å². The smallest absolute Gasteiger partial charge is 0.221 e. The first-order valence-electron chi connectivity index (χ1n) is 7.03. The lowest BCUT2D eigenvalue weighted by Gasteiger charge is -2.20. The minimum atomic E-state index is 0.130. The number of nitrogens with zero attached hydrogens (tertiary/aromatic N) is 2. The van der Waals surface area contributed by atoms with Gasteiger partial charge in [0.05, 0.1) is 25.3 Å². The third-order valence-electron chi connectivity index (χ3n) is 3.74. The molecule has 2 fully saturated rings. The van der Waals surface area contributed by atoms with Gasteiger partial charge in [-0.2, -0.15) is 4.98 Å². The molecule has 3 rings (SSSR count). The number of hydrogen-bond donors (Lipinski definition) is 1. The fraction of sp³-hybridized carbons (Fsp3) is 0.714. The number of aryl methyl sites for hydroxylation is 1. The quantitative estimate of drug-likeness (QED) is 0.900. The maximum atomic E-state index is 5.63. The average Bonchev–Trinajstić information content (AvgIpc) is 3.24. The Morgan fingerprint density at radius 2 is 2.16 bits per heavy atom. The fourth-order valence-corrected chi connectivity index (χ4v) is 2.55. The van der Waals surface area contributed by atoms with E-state index in [1.807, 2.05) is 6.92 Å². The molecule has 1 atom stereocenters. The third kappa shape index (κ3) is 2.72. The Labute approximate surface area is 113 Å². The second-order valence-corrected chi connectivity index (χ2v) is 5.30. The Bertz CT molecular complexity index is 452. The largest absolute Gasteiger partial charge is 0.481 e. The lowest BCUT2D eigenvalue weighted by atomic mass is 10.1. The summed E-state index contributed by atoms with van der Waals surface area (Å²) in [5.74, 6) is 2.19. The molecule has 1 unspecified atom stereocenters. The van der Waals surface area contributed by atoms with Crippen LogP contribution in [0.4, 0.5) is 0 Å². The van der Waals surface area contributed by atoms with Crippen molar-refractivity contribution < 1.29 is 9.47 Å². The summed E-state index contributed by atoms with van der Waals surface area (Å²) < 4.78 is 11.1. The Hall–Kier alpha value is -1.20. The molecule has 2 aliphatic rings. The average molecular weight is 263 g/mol. The summed E-state index contributed by atoms with van der Waals surface area (Å²) >= 11 is 0. The minimum Gasteiger partial charge on any atom is -0.481 e. The molecule has 0 amide bonds. The van der Waals surface area contributed by atoms with E-state index in [0.717, 1.165) is 36.7 Å². The topological polar surface area (TPSA) is 56.3 Å². The first kappa shape index (κ1) is 12.8. The molecule has 5 nitrogen and oxygen atoms in total. The molecule has 2 heterocycles. The summed E-state index contributed by atoms with van der Waals surface area (Å²) in [4.78, 5) is 9.25. The summed E-state index contributed by atoms with van der Waals surface area (Å²) in [6, 6.07) is 0.130. The molecule has 1 N–H and O–H groups in total. The molecule has 1 saturated heterocycles. The van der Waals surface area contributed by atoms with Crippen LogP contribution in [0.1, 0.15) is 48.3 Å². The molecule has 0 aromatic carbocycles. The molecular weight excluding hydrogens is 242 g/mol. The lowest BCUT2D eigenvalue weighted by Crippen LogP contribution is -2.25. The Morgan fingerprint density at radius 3 is 2.89 bits per heavy atom. The molecule has 1 aromatic rings. The zero-order valence-corrected chi connectivity index (χ0v) is 11.6. The first-order valence-corrected chi connectivity index (χ1v) is 7.03. The lowest BCUT2D eigenvalue weighted by molar-refractivity contribution is 0.130. The summed E-state index contributed by atoms with van der Waals surface area (Å²) in [6.45, 7) is 4.46. The normalized spacial score (nSPS) is 24.0. The molecule has 1 aliphatic carbocycles. The van der Waals surface area contributed by atoms with Gasteiger partial charge in [-0.1, -0.05) is 0 Å². The monoisotopic (exact) mass is 263 g/mol. The van der Waals surface area contributed by atoms with E-state index in [4.69, 9.17) is 9.47 Å². The molecule has 0 spiro atoms. The number of nitrogens with one attached hydrogen (secondary N) is 1. The zero-order valence-electron chi connectivity index (χ0n) is 11.6. The summed E-state index contributed by atoms with van der Waals surface area (Å²) in [5, 5.41) is 3.49. The highest BCUT2D eigenvalue weighted by atomic mass is 16.5. The number of hydrogen-bond acceptors (Lipinski definition) is 5. The van der Waals surface area contributed by atoms with Gasteiger partial charge in [-0.25, -0.2) is 4.98 Å². The number of ether oxygens (including phenoxy) is 2. The van der Waals surface area contributed by atoms with Gasteiger partial charge in [0.1, 0.15) is 5.82 Å². The highest BCUT2D eigenvalue weighted by Gasteiger charge is 2.30. The van der Waals surface area contributed by atoms with Crippen LogP contribution in [-0.4, -0.2) is 36.8 Å². The molecule has 5 heteroatoms. The van der Waals surface area contributed by atoms with Crippen molar-refractivity contribution in [1.82, 2.24) is 15.3 Å². The maximum absolute atomic E-state index is 5.63. The minimum absolute atomic E-state index is 0.130. The van der Waals surface area contributed by atoms with E-state index in [-0.39, 0.29) is 6.04 Å². The van der Waals surface area contributed by atoms with Gasteiger partial charge < -0.3 is 14.8 Å². The van der Waals surface area contributed by atoms with Crippen molar-refractivity contribution in [1.29, 1.82) is 0 Å². The van der Waals surface area contributed by atoms with E-state index in [2.05, 4.69) is 15.3 Å². The molecule has 19 heavy (non-hydrogen) atoms. The number of methoxy groups -OCH3 is 1.